The first-order valence-corrected chi connectivity index (χ1v) is 7.90. The fourth-order valence-electron chi connectivity index (χ4n) is 1.56. The highest BCUT2D eigenvalue weighted by molar-refractivity contribution is 7.89. The van der Waals surface area contributed by atoms with E-state index in [-0.39, 0.29) is 17.2 Å². The molecule has 0 amide bonds. The van der Waals surface area contributed by atoms with Gasteiger partial charge in [0.1, 0.15) is 0 Å². The fourth-order valence-corrected chi connectivity index (χ4v) is 2.95. The highest BCUT2D eigenvalue weighted by atomic mass is 32.2. The van der Waals surface area contributed by atoms with Gasteiger partial charge in [0, 0.05) is 12.6 Å². The van der Waals surface area contributed by atoms with Crippen LogP contribution in [0.2, 0.25) is 0 Å². The lowest BCUT2D eigenvalue weighted by molar-refractivity contribution is 0.338. The van der Waals surface area contributed by atoms with Crippen molar-refractivity contribution in [2.24, 2.45) is 17.1 Å². The Morgan fingerprint density at radius 2 is 1.76 bits per heavy atom. The number of hydrogen-bond acceptors (Lipinski definition) is 3. The lowest BCUT2D eigenvalue weighted by atomic mass is 9.88. The average molecular weight is 264 g/mol. The molecule has 0 aliphatic rings. The largest absolute Gasteiger partial charge is 0.326 e. The molecule has 0 aliphatic carbocycles. The van der Waals surface area contributed by atoms with Crippen molar-refractivity contribution in [1.82, 2.24) is 4.72 Å². The fraction of sp³-hybridized carbons (Fsp3) is 1.00. The molecule has 17 heavy (non-hydrogen) atoms. The van der Waals surface area contributed by atoms with Crippen LogP contribution >= 0.6 is 0 Å². The van der Waals surface area contributed by atoms with Gasteiger partial charge in [-0.1, -0.05) is 34.6 Å². The van der Waals surface area contributed by atoms with Crippen LogP contribution in [0, 0.1) is 11.3 Å². The minimum atomic E-state index is -3.16. The Morgan fingerprint density at radius 1 is 1.24 bits per heavy atom. The number of nitrogens with one attached hydrogen (secondary N) is 1. The van der Waals surface area contributed by atoms with E-state index >= 15 is 0 Å². The molecule has 1 atom stereocenters. The lowest BCUT2D eigenvalue weighted by Crippen LogP contribution is -2.40. The van der Waals surface area contributed by atoms with Gasteiger partial charge in [-0.25, -0.2) is 13.1 Å². The summed E-state index contributed by atoms with van der Waals surface area (Å²) in [6.45, 7) is 10.7. The van der Waals surface area contributed by atoms with E-state index in [4.69, 9.17) is 5.73 Å². The maximum Gasteiger partial charge on any atom is 0.211 e. The molecular formula is C12H28N2O2S. The van der Waals surface area contributed by atoms with Crippen LogP contribution in [0.25, 0.3) is 0 Å². The topological polar surface area (TPSA) is 72.2 Å². The predicted molar refractivity (Wildman–Crippen MR) is 73.3 cm³/mol. The number of nitrogens with two attached hydrogens (primary N) is 1. The maximum atomic E-state index is 11.6. The van der Waals surface area contributed by atoms with Gasteiger partial charge < -0.3 is 5.73 Å². The first-order chi connectivity index (χ1) is 7.52. The summed E-state index contributed by atoms with van der Waals surface area (Å²) in [5.41, 5.74) is 6.02. The number of hydrogen-bond donors (Lipinski definition) is 2. The average Bonchev–Trinajstić information content (AvgIpc) is 2.09. The smallest absolute Gasteiger partial charge is 0.211 e. The van der Waals surface area contributed by atoms with Gasteiger partial charge in [-0.15, -0.1) is 0 Å². The summed E-state index contributed by atoms with van der Waals surface area (Å²) in [7, 11) is -3.16. The van der Waals surface area contributed by atoms with Crippen LogP contribution in [0.15, 0.2) is 0 Å². The molecule has 0 spiro atoms. The van der Waals surface area contributed by atoms with Crippen molar-refractivity contribution in [3.63, 3.8) is 0 Å². The Labute approximate surface area is 106 Å². The zero-order valence-electron chi connectivity index (χ0n) is 11.8. The molecule has 0 fully saturated rings. The maximum absolute atomic E-state index is 11.6. The van der Waals surface area contributed by atoms with Crippen molar-refractivity contribution in [2.45, 2.75) is 53.5 Å². The van der Waals surface area contributed by atoms with E-state index < -0.39 is 10.0 Å². The lowest BCUT2D eigenvalue weighted by Gasteiger charge is -2.23. The second kappa shape index (κ2) is 6.71. The zero-order chi connectivity index (χ0) is 13.7. The quantitative estimate of drug-likeness (QED) is 0.735. The van der Waals surface area contributed by atoms with Crippen LogP contribution in [-0.2, 0) is 10.0 Å². The molecule has 0 saturated heterocycles. The summed E-state index contributed by atoms with van der Waals surface area (Å²) < 4.78 is 25.9. The van der Waals surface area contributed by atoms with Crippen molar-refractivity contribution in [3.05, 3.63) is 0 Å². The summed E-state index contributed by atoms with van der Waals surface area (Å²) in [5.74, 6) is 0.585. The van der Waals surface area contributed by atoms with Crippen LogP contribution in [0.3, 0.4) is 0 Å². The van der Waals surface area contributed by atoms with Crippen molar-refractivity contribution in [3.8, 4) is 0 Å². The highest BCUT2D eigenvalue weighted by Crippen LogP contribution is 2.19. The number of sulfonamides is 1. The van der Waals surface area contributed by atoms with Gasteiger partial charge in [0.25, 0.3) is 0 Å². The Hall–Kier alpha value is -0.130. The SMILES string of the molecule is CC(C)CCS(=O)(=O)NCC(N)CC(C)(C)C. The minimum absolute atomic E-state index is 0.121. The Bertz CT molecular complexity index is 305. The van der Waals surface area contributed by atoms with E-state index in [1.165, 1.54) is 0 Å². The van der Waals surface area contributed by atoms with E-state index in [9.17, 15) is 8.42 Å². The van der Waals surface area contributed by atoms with Crippen LogP contribution in [-0.4, -0.2) is 26.8 Å². The first kappa shape index (κ1) is 16.9. The summed E-state index contributed by atoms with van der Waals surface area (Å²) in [5, 5.41) is 0. The Balaban J connectivity index is 4.01. The van der Waals surface area contributed by atoms with E-state index in [0.717, 1.165) is 6.42 Å². The third-order valence-corrected chi connectivity index (χ3v) is 3.78. The van der Waals surface area contributed by atoms with Crippen molar-refractivity contribution >= 4 is 10.0 Å². The van der Waals surface area contributed by atoms with E-state index in [0.29, 0.717) is 18.9 Å². The monoisotopic (exact) mass is 264 g/mol. The zero-order valence-corrected chi connectivity index (χ0v) is 12.6. The second-order valence-corrected chi connectivity index (χ2v) is 8.30. The summed E-state index contributed by atoms with van der Waals surface area (Å²) in [6, 6.07) is -0.121. The molecule has 1 unspecified atom stereocenters. The van der Waals surface area contributed by atoms with E-state index in [1.807, 2.05) is 13.8 Å². The van der Waals surface area contributed by atoms with Gasteiger partial charge >= 0.3 is 0 Å². The molecule has 5 heteroatoms. The van der Waals surface area contributed by atoms with Crippen LogP contribution in [0.1, 0.15) is 47.5 Å². The van der Waals surface area contributed by atoms with Crippen LogP contribution in [0.4, 0.5) is 0 Å². The second-order valence-electron chi connectivity index (χ2n) is 6.37. The molecule has 0 aromatic carbocycles. The summed E-state index contributed by atoms with van der Waals surface area (Å²) in [4.78, 5) is 0. The number of rotatable bonds is 7. The molecule has 0 bridgehead atoms. The summed E-state index contributed by atoms with van der Waals surface area (Å²) >= 11 is 0. The first-order valence-electron chi connectivity index (χ1n) is 6.25. The Morgan fingerprint density at radius 3 is 2.18 bits per heavy atom. The van der Waals surface area contributed by atoms with Gasteiger partial charge in [0.2, 0.25) is 10.0 Å². The van der Waals surface area contributed by atoms with E-state index in [2.05, 4.69) is 25.5 Å². The van der Waals surface area contributed by atoms with Gasteiger partial charge in [0.05, 0.1) is 5.75 Å². The van der Waals surface area contributed by atoms with Gasteiger partial charge in [-0.2, -0.15) is 0 Å². The van der Waals surface area contributed by atoms with Crippen molar-refractivity contribution in [1.29, 1.82) is 0 Å². The van der Waals surface area contributed by atoms with Gasteiger partial charge in [-0.05, 0) is 24.2 Å². The Kier molecular flexibility index (Phi) is 6.66. The molecule has 3 N–H and O–H groups in total. The third kappa shape index (κ3) is 10.7. The molecular weight excluding hydrogens is 236 g/mol. The van der Waals surface area contributed by atoms with Crippen LogP contribution < -0.4 is 10.5 Å². The molecule has 0 saturated carbocycles. The van der Waals surface area contributed by atoms with E-state index in [1.54, 1.807) is 0 Å². The molecule has 0 aliphatic heterocycles. The molecule has 0 heterocycles. The highest BCUT2D eigenvalue weighted by Gasteiger charge is 2.18. The van der Waals surface area contributed by atoms with Gasteiger partial charge in [0.15, 0.2) is 0 Å². The van der Waals surface area contributed by atoms with Gasteiger partial charge in [-0.3, -0.25) is 0 Å². The third-order valence-electron chi connectivity index (χ3n) is 2.40. The molecule has 4 nitrogen and oxygen atoms in total. The summed E-state index contributed by atoms with van der Waals surface area (Å²) in [6.07, 6.45) is 1.49. The predicted octanol–water partition coefficient (Wildman–Crippen LogP) is 1.72. The van der Waals surface area contributed by atoms with Crippen molar-refractivity contribution < 1.29 is 8.42 Å². The standard InChI is InChI=1S/C12H28N2O2S/c1-10(2)6-7-17(15,16)14-9-11(13)8-12(3,4)5/h10-11,14H,6-9,13H2,1-5H3. The van der Waals surface area contributed by atoms with Crippen molar-refractivity contribution in [2.75, 3.05) is 12.3 Å². The molecule has 0 aromatic rings. The molecule has 104 valence electrons. The molecule has 0 rings (SSSR count). The van der Waals surface area contributed by atoms with Crippen LogP contribution in [0.5, 0.6) is 0 Å². The minimum Gasteiger partial charge on any atom is -0.326 e. The molecule has 0 aromatic heterocycles. The molecule has 0 radical (unpaired) electrons. The normalized spacial score (nSPS) is 15.2.